The van der Waals surface area contributed by atoms with Gasteiger partial charge in [-0.15, -0.1) is 0 Å². The van der Waals surface area contributed by atoms with Crippen molar-refractivity contribution in [1.82, 2.24) is 9.80 Å². The van der Waals surface area contributed by atoms with Crippen molar-refractivity contribution in [2.24, 2.45) is 5.92 Å². The van der Waals surface area contributed by atoms with E-state index in [0.717, 1.165) is 38.8 Å². The van der Waals surface area contributed by atoms with Gasteiger partial charge in [0.15, 0.2) is 5.76 Å². The summed E-state index contributed by atoms with van der Waals surface area (Å²) in [4.78, 5) is 28.4. The Hall–Kier alpha value is -1.78. The summed E-state index contributed by atoms with van der Waals surface area (Å²) < 4.78 is 5.15. The summed E-state index contributed by atoms with van der Waals surface area (Å²) in [5, 5.41) is 0. The number of rotatable bonds is 2. The van der Waals surface area contributed by atoms with Crippen molar-refractivity contribution in [3.05, 3.63) is 24.2 Å². The van der Waals surface area contributed by atoms with Crippen molar-refractivity contribution < 1.29 is 14.0 Å². The lowest BCUT2D eigenvalue weighted by atomic mass is 9.94. The maximum Gasteiger partial charge on any atom is 0.289 e. The first-order chi connectivity index (χ1) is 10.3. The zero-order chi connectivity index (χ0) is 14.7. The molecule has 1 aromatic heterocycles. The van der Waals surface area contributed by atoms with Gasteiger partial charge in [-0.1, -0.05) is 0 Å². The molecule has 5 heteroatoms. The molecule has 2 amide bonds. The van der Waals surface area contributed by atoms with Crippen LogP contribution in [-0.4, -0.2) is 47.8 Å². The highest BCUT2D eigenvalue weighted by Crippen LogP contribution is 2.23. The molecule has 0 atom stereocenters. The molecule has 0 spiro atoms. The van der Waals surface area contributed by atoms with Gasteiger partial charge in [0.05, 0.1) is 6.26 Å². The molecule has 114 valence electrons. The van der Waals surface area contributed by atoms with Gasteiger partial charge in [-0.25, -0.2) is 0 Å². The van der Waals surface area contributed by atoms with Gasteiger partial charge in [0.2, 0.25) is 5.91 Å². The SMILES string of the molecule is O=C(c1ccco1)N1CCC(C(=O)N2CCCCC2)CC1. The van der Waals surface area contributed by atoms with Gasteiger partial charge in [0.1, 0.15) is 0 Å². The molecule has 1 aromatic rings. The van der Waals surface area contributed by atoms with Crippen molar-refractivity contribution >= 4 is 11.8 Å². The molecule has 3 rings (SSSR count). The van der Waals surface area contributed by atoms with Crippen LogP contribution < -0.4 is 0 Å². The molecule has 0 saturated carbocycles. The van der Waals surface area contributed by atoms with Crippen LogP contribution in [-0.2, 0) is 4.79 Å². The highest BCUT2D eigenvalue weighted by Gasteiger charge is 2.31. The average molecular weight is 290 g/mol. The lowest BCUT2D eigenvalue weighted by Gasteiger charge is -2.35. The van der Waals surface area contributed by atoms with Crippen LogP contribution in [0.3, 0.4) is 0 Å². The van der Waals surface area contributed by atoms with Crippen molar-refractivity contribution in [2.75, 3.05) is 26.2 Å². The number of nitrogens with zero attached hydrogens (tertiary/aromatic N) is 2. The lowest BCUT2D eigenvalue weighted by Crippen LogP contribution is -2.45. The van der Waals surface area contributed by atoms with Crippen LogP contribution in [0.15, 0.2) is 22.8 Å². The van der Waals surface area contributed by atoms with Gasteiger partial charge in [0, 0.05) is 32.1 Å². The normalized spacial score (nSPS) is 20.6. The summed E-state index contributed by atoms with van der Waals surface area (Å²) in [7, 11) is 0. The minimum Gasteiger partial charge on any atom is -0.459 e. The van der Waals surface area contributed by atoms with Gasteiger partial charge >= 0.3 is 0 Å². The van der Waals surface area contributed by atoms with E-state index in [0.29, 0.717) is 24.8 Å². The van der Waals surface area contributed by atoms with E-state index in [9.17, 15) is 9.59 Å². The molecule has 0 N–H and O–H groups in total. The topological polar surface area (TPSA) is 53.8 Å². The number of furan rings is 1. The van der Waals surface area contributed by atoms with Crippen molar-refractivity contribution in [3.8, 4) is 0 Å². The highest BCUT2D eigenvalue weighted by molar-refractivity contribution is 5.91. The third-order valence-electron chi connectivity index (χ3n) is 4.53. The maximum absolute atomic E-state index is 12.5. The predicted octanol–water partition coefficient (Wildman–Crippen LogP) is 2.14. The molecule has 5 nitrogen and oxygen atoms in total. The summed E-state index contributed by atoms with van der Waals surface area (Å²) in [6.45, 7) is 3.10. The average Bonchev–Trinajstić information content (AvgIpc) is 3.09. The van der Waals surface area contributed by atoms with Gasteiger partial charge < -0.3 is 14.2 Å². The first-order valence-corrected chi connectivity index (χ1v) is 7.87. The molecular formula is C16H22N2O3. The monoisotopic (exact) mass is 290 g/mol. The minimum absolute atomic E-state index is 0.0659. The number of piperidine rings is 2. The highest BCUT2D eigenvalue weighted by atomic mass is 16.3. The van der Waals surface area contributed by atoms with Crippen LogP contribution in [0.25, 0.3) is 0 Å². The summed E-state index contributed by atoms with van der Waals surface area (Å²) >= 11 is 0. The lowest BCUT2D eigenvalue weighted by molar-refractivity contribution is -0.137. The fraction of sp³-hybridized carbons (Fsp3) is 0.625. The second-order valence-electron chi connectivity index (χ2n) is 5.93. The third-order valence-corrected chi connectivity index (χ3v) is 4.53. The second kappa shape index (κ2) is 6.33. The van der Waals surface area contributed by atoms with E-state index < -0.39 is 0 Å². The number of hydrogen-bond donors (Lipinski definition) is 0. The molecule has 0 aliphatic carbocycles. The zero-order valence-electron chi connectivity index (χ0n) is 12.3. The largest absolute Gasteiger partial charge is 0.459 e. The number of hydrogen-bond acceptors (Lipinski definition) is 3. The predicted molar refractivity (Wildman–Crippen MR) is 77.8 cm³/mol. The Morgan fingerprint density at radius 2 is 1.71 bits per heavy atom. The van der Waals surface area contributed by atoms with Crippen LogP contribution in [0.1, 0.15) is 42.7 Å². The Bertz CT molecular complexity index is 484. The maximum atomic E-state index is 12.5. The Labute approximate surface area is 124 Å². The smallest absolute Gasteiger partial charge is 0.289 e. The molecular weight excluding hydrogens is 268 g/mol. The molecule has 0 unspecified atom stereocenters. The molecule has 2 aliphatic rings. The Balaban J connectivity index is 1.52. The summed E-state index contributed by atoms with van der Waals surface area (Å²) in [6, 6.07) is 3.41. The van der Waals surface area contributed by atoms with E-state index in [4.69, 9.17) is 4.42 Å². The number of likely N-dealkylation sites (tertiary alicyclic amines) is 2. The fourth-order valence-electron chi connectivity index (χ4n) is 3.26. The number of carbonyl (C=O) groups is 2. The third kappa shape index (κ3) is 3.12. The van der Waals surface area contributed by atoms with Gasteiger partial charge in [0.25, 0.3) is 5.91 Å². The summed E-state index contributed by atoms with van der Waals surface area (Å²) in [5.74, 6) is 0.697. The number of amides is 2. The van der Waals surface area contributed by atoms with Crippen LogP contribution in [0.4, 0.5) is 0 Å². The fourth-order valence-corrected chi connectivity index (χ4v) is 3.26. The van der Waals surface area contributed by atoms with Crippen molar-refractivity contribution in [3.63, 3.8) is 0 Å². The van der Waals surface area contributed by atoms with Crippen LogP contribution in [0.5, 0.6) is 0 Å². The Kier molecular flexibility index (Phi) is 4.27. The summed E-state index contributed by atoms with van der Waals surface area (Å²) in [6.07, 6.45) is 6.53. The van der Waals surface area contributed by atoms with Gasteiger partial charge in [-0.2, -0.15) is 0 Å². The number of carbonyl (C=O) groups excluding carboxylic acids is 2. The zero-order valence-corrected chi connectivity index (χ0v) is 12.3. The minimum atomic E-state index is -0.0659. The molecule has 0 radical (unpaired) electrons. The molecule has 2 aliphatic heterocycles. The second-order valence-corrected chi connectivity index (χ2v) is 5.93. The first kappa shape index (κ1) is 14.2. The van der Waals surface area contributed by atoms with E-state index >= 15 is 0 Å². The van der Waals surface area contributed by atoms with E-state index in [1.165, 1.54) is 12.7 Å². The van der Waals surface area contributed by atoms with Crippen LogP contribution in [0, 0.1) is 5.92 Å². The molecule has 2 fully saturated rings. The van der Waals surface area contributed by atoms with Gasteiger partial charge in [-0.05, 0) is 44.2 Å². The first-order valence-electron chi connectivity index (χ1n) is 7.87. The van der Waals surface area contributed by atoms with Crippen LogP contribution >= 0.6 is 0 Å². The Morgan fingerprint density at radius 3 is 2.33 bits per heavy atom. The Morgan fingerprint density at radius 1 is 1.00 bits per heavy atom. The van der Waals surface area contributed by atoms with E-state index in [2.05, 4.69) is 0 Å². The quantitative estimate of drug-likeness (QED) is 0.838. The molecule has 3 heterocycles. The van der Waals surface area contributed by atoms with E-state index in [1.807, 2.05) is 4.90 Å². The van der Waals surface area contributed by atoms with Crippen molar-refractivity contribution in [2.45, 2.75) is 32.1 Å². The van der Waals surface area contributed by atoms with Crippen LogP contribution in [0.2, 0.25) is 0 Å². The van der Waals surface area contributed by atoms with E-state index in [1.54, 1.807) is 17.0 Å². The summed E-state index contributed by atoms with van der Waals surface area (Å²) in [5.41, 5.74) is 0. The molecule has 21 heavy (non-hydrogen) atoms. The van der Waals surface area contributed by atoms with Gasteiger partial charge in [-0.3, -0.25) is 9.59 Å². The molecule has 2 saturated heterocycles. The molecule has 0 aromatic carbocycles. The van der Waals surface area contributed by atoms with Crippen molar-refractivity contribution in [1.29, 1.82) is 0 Å². The molecule has 0 bridgehead atoms. The van der Waals surface area contributed by atoms with E-state index in [-0.39, 0.29) is 11.8 Å². The standard InChI is InChI=1S/C16H22N2O3/c19-15(17-8-2-1-3-9-17)13-6-10-18(11-7-13)16(20)14-5-4-12-21-14/h4-5,12-13H,1-3,6-11H2.